The van der Waals surface area contributed by atoms with E-state index in [1.54, 1.807) is 19.0 Å². The molecule has 2 unspecified atom stereocenters. The molecule has 188 valence electrons. The summed E-state index contributed by atoms with van der Waals surface area (Å²) in [5.74, 6) is -12.3. The van der Waals surface area contributed by atoms with Gasteiger partial charge in [0, 0.05) is 23.6 Å². The summed E-state index contributed by atoms with van der Waals surface area (Å²) in [6, 6.07) is -0.0674. The zero-order chi connectivity index (χ0) is 26.1. The number of nitrogens with two attached hydrogens (primary N) is 1. The number of primary amides is 1. The van der Waals surface area contributed by atoms with Gasteiger partial charge in [-0.3, -0.25) is 28.9 Å². The second-order valence-corrected chi connectivity index (χ2v) is 10.2. The van der Waals surface area contributed by atoms with Gasteiger partial charge in [-0.15, -0.1) is 0 Å². The highest BCUT2D eigenvalue weighted by molar-refractivity contribution is 6.32. The van der Waals surface area contributed by atoms with Crippen LogP contribution >= 0.6 is 0 Å². The predicted molar refractivity (Wildman–Crippen MR) is 119 cm³/mol. The molecule has 4 N–H and O–H groups in total. The number of ketones is 4. The second kappa shape index (κ2) is 8.28. The van der Waals surface area contributed by atoms with Crippen molar-refractivity contribution in [3.63, 3.8) is 0 Å². The van der Waals surface area contributed by atoms with Gasteiger partial charge in [0.2, 0.25) is 5.91 Å². The third kappa shape index (κ3) is 3.44. The molecule has 10 nitrogen and oxygen atoms in total. The Kier molecular flexibility index (Phi) is 5.94. The first-order chi connectivity index (χ1) is 16.2. The number of phenols is 1. The molecule has 0 saturated heterocycles. The molecule has 0 aliphatic heterocycles. The number of nitrogens with zero attached hydrogens (tertiary/aromatic N) is 2. The molecule has 0 radical (unpaired) electrons. The van der Waals surface area contributed by atoms with Gasteiger partial charge in [-0.25, -0.2) is 4.39 Å². The molecule has 2 fully saturated rings. The Morgan fingerprint density at radius 2 is 1.80 bits per heavy atom. The molecule has 1 aromatic carbocycles. The van der Waals surface area contributed by atoms with Crippen molar-refractivity contribution in [2.45, 2.75) is 31.0 Å². The molecule has 2 saturated carbocycles. The number of likely N-dealkylation sites (N-methyl/N-ethyl adjacent to an activating group) is 1. The monoisotopic (exact) mass is 489 g/mol. The minimum Gasteiger partial charge on any atom is -0.507 e. The third-order valence-corrected chi connectivity index (χ3v) is 7.56. The number of rotatable bonds is 4. The van der Waals surface area contributed by atoms with E-state index in [2.05, 4.69) is 0 Å². The summed E-state index contributed by atoms with van der Waals surface area (Å²) in [5, 5.41) is 22.1. The van der Waals surface area contributed by atoms with Crippen LogP contribution in [0.3, 0.4) is 0 Å². The van der Waals surface area contributed by atoms with Crippen LogP contribution in [0.5, 0.6) is 5.75 Å². The van der Waals surface area contributed by atoms with Crippen LogP contribution in [0.2, 0.25) is 0 Å². The minimum atomic E-state index is -2.80. The lowest BCUT2D eigenvalue weighted by Gasteiger charge is -2.52. The lowest BCUT2D eigenvalue weighted by atomic mass is 9.52. The van der Waals surface area contributed by atoms with Crippen LogP contribution in [0.15, 0.2) is 6.07 Å². The smallest absolute Gasteiger partial charge is 0.235 e. The van der Waals surface area contributed by atoms with E-state index in [0.717, 1.165) is 6.07 Å². The lowest BCUT2D eigenvalue weighted by molar-refractivity contribution is -0.181. The number of amides is 1. The Hall–Kier alpha value is -3.02. The molecule has 3 aliphatic carbocycles. The van der Waals surface area contributed by atoms with Crippen LogP contribution in [0.4, 0.5) is 4.39 Å². The van der Waals surface area contributed by atoms with Crippen molar-refractivity contribution in [2.75, 3.05) is 28.2 Å². The van der Waals surface area contributed by atoms with E-state index in [1.165, 1.54) is 19.0 Å². The zero-order valence-electron chi connectivity index (χ0n) is 19.9. The SMILES string of the molecule is CN(C)Cc1cc(O)c2c(c1F)C[C@H]1C[C@H]3[C@H](N(C)C)C(=O)C(C(N)=O)C(=O)[C@@]3(O)C(=O)C1C2=O. The van der Waals surface area contributed by atoms with E-state index in [0.29, 0.717) is 0 Å². The van der Waals surface area contributed by atoms with Crippen molar-refractivity contribution in [1.29, 1.82) is 0 Å². The van der Waals surface area contributed by atoms with Gasteiger partial charge in [0.25, 0.3) is 0 Å². The maximum absolute atomic E-state index is 15.4. The number of hydrogen-bond donors (Lipinski definition) is 3. The summed E-state index contributed by atoms with van der Waals surface area (Å²) < 4.78 is 15.4. The van der Waals surface area contributed by atoms with Crippen molar-refractivity contribution in [3.8, 4) is 5.75 Å². The van der Waals surface area contributed by atoms with Crippen LogP contribution in [-0.2, 0) is 32.1 Å². The number of benzene rings is 1. The van der Waals surface area contributed by atoms with Crippen LogP contribution in [0.25, 0.3) is 0 Å². The molecule has 0 heterocycles. The van der Waals surface area contributed by atoms with Gasteiger partial charge in [-0.1, -0.05) is 0 Å². The molecule has 0 spiro atoms. The molecular formula is C24H28FN3O7. The molecule has 6 atom stereocenters. The Labute approximate surface area is 200 Å². The van der Waals surface area contributed by atoms with E-state index in [4.69, 9.17) is 5.73 Å². The Morgan fingerprint density at radius 1 is 1.17 bits per heavy atom. The highest BCUT2D eigenvalue weighted by atomic mass is 19.1. The number of aliphatic hydroxyl groups is 1. The number of carbonyl (C=O) groups excluding carboxylic acids is 5. The number of halogens is 1. The second-order valence-electron chi connectivity index (χ2n) is 10.2. The fraction of sp³-hybridized carbons (Fsp3) is 0.542. The molecular weight excluding hydrogens is 461 g/mol. The number of fused-ring (bicyclic) bond motifs is 3. The molecule has 0 aromatic heterocycles. The first kappa shape index (κ1) is 25.1. The molecule has 4 rings (SSSR count). The van der Waals surface area contributed by atoms with Crippen molar-refractivity contribution in [1.82, 2.24) is 9.80 Å². The van der Waals surface area contributed by atoms with Crippen molar-refractivity contribution in [3.05, 3.63) is 28.6 Å². The predicted octanol–water partition coefficient (Wildman–Crippen LogP) is -0.932. The summed E-state index contributed by atoms with van der Waals surface area (Å²) in [5.41, 5.74) is 2.28. The maximum Gasteiger partial charge on any atom is 0.235 e. The summed E-state index contributed by atoms with van der Waals surface area (Å²) in [6.45, 7) is 0.163. The fourth-order valence-electron chi connectivity index (χ4n) is 6.16. The Morgan fingerprint density at radius 3 is 2.34 bits per heavy atom. The summed E-state index contributed by atoms with van der Waals surface area (Å²) in [4.78, 5) is 68.3. The van der Waals surface area contributed by atoms with Crippen LogP contribution in [-0.4, -0.2) is 88.9 Å². The van der Waals surface area contributed by atoms with Crippen LogP contribution < -0.4 is 5.73 Å². The van der Waals surface area contributed by atoms with Crippen molar-refractivity contribution >= 4 is 29.0 Å². The standard InChI is InChI=1S/C24H28FN3O7/c1-27(2)8-10-7-13(29)15-11(17(10)25)5-9-6-12-18(28(3)4)20(31)16(23(26)34)22(33)24(12,35)21(32)14(9)19(15)30/h7,9,12,14,16,18,29,35H,5-6,8H2,1-4H3,(H2,26,34)/t9-,12-,14?,16?,18-,24-/m0/s1. The summed E-state index contributed by atoms with van der Waals surface area (Å²) in [6.07, 6.45) is -0.228. The number of hydrogen-bond acceptors (Lipinski definition) is 9. The lowest BCUT2D eigenvalue weighted by Crippen LogP contribution is -2.74. The summed E-state index contributed by atoms with van der Waals surface area (Å²) >= 11 is 0. The van der Waals surface area contributed by atoms with E-state index < -0.39 is 75.9 Å². The van der Waals surface area contributed by atoms with Gasteiger partial charge in [0.15, 0.2) is 34.7 Å². The fourth-order valence-corrected chi connectivity index (χ4v) is 6.16. The Balaban J connectivity index is 1.86. The minimum absolute atomic E-state index is 0.0313. The van der Waals surface area contributed by atoms with Gasteiger partial charge in [0.1, 0.15) is 11.6 Å². The largest absolute Gasteiger partial charge is 0.507 e. The highest BCUT2D eigenvalue weighted by Crippen LogP contribution is 2.51. The third-order valence-electron chi connectivity index (χ3n) is 7.56. The topological polar surface area (TPSA) is 158 Å². The van der Waals surface area contributed by atoms with E-state index in [9.17, 15) is 34.2 Å². The maximum atomic E-state index is 15.4. The summed E-state index contributed by atoms with van der Waals surface area (Å²) in [7, 11) is 6.44. The normalized spacial score (nSPS) is 32.5. The first-order valence-electron chi connectivity index (χ1n) is 11.3. The molecule has 1 amide bonds. The number of Topliss-reactive ketones (excluding diaryl/α,β-unsaturated/α-hetero) is 4. The molecule has 11 heteroatoms. The van der Waals surface area contributed by atoms with Gasteiger partial charge in [0.05, 0.1) is 17.5 Å². The average molecular weight is 490 g/mol. The number of aromatic hydroxyl groups is 1. The van der Waals surface area contributed by atoms with Gasteiger partial charge < -0.3 is 20.8 Å². The van der Waals surface area contributed by atoms with Gasteiger partial charge in [-0.05, 0) is 53.0 Å². The van der Waals surface area contributed by atoms with Crippen LogP contribution in [0, 0.1) is 29.5 Å². The molecule has 1 aromatic rings. The number of phenolic OH excluding ortho intramolecular Hbond substituents is 1. The average Bonchev–Trinajstić information content (AvgIpc) is 2.73. The number of carbonyl (C=O) groups is 5. The van der Waals surface area contributed by atoms with Crippen molar-refractivity contribution in [2.24, 2.45) is 29.4 Å². The van der Waals surface area contributed by atoms with E-state index in [1.807, 2.05) is 0 Å². The molecule has 0 bridgehead atoms. The van der Waals surface area contributed by atoms with Crippen molar-refractivity contribution < 1.29 is 38.6 Å². The van der Waals surface area contributed by atoms with E-state index >= 15 is 4.39 Å². The van der Waals surface area contributed by atoms with Crippen LogP contribution in [0.1, 0.15) is 27.9 Å². The molecule has 3 aliphatic rings. The quantitative estimate of drug-likeness (QED) is 0.454. The van der Waals surface area contributed by atoms with Gasteiger partial charge in [-0.2, -0.15) is 0 Å². The highest BCUT2D eigenvalue weighted by Gasteiger charge is 2.69. The zero-order valence-corrected chi connectivity index (χ0v) is 19.9. The first-order valence-corrected chi connectivity index (χ1v) is 11.3. The molecule has 35 heavy (non-hydrogen) atoms. The Bertz CT molecular complexity index is 1180. The van der Waals surface area contributed by atoms with Gasteiger partial charge >= 0.3 is 0 Å². The van der Waals surface area contributed by atoms with E-state index in [-0.39, 0.29) is 36.1 Å².